The predicted octanol–water partition coefficient (Wildman–Crippen LogP) is 4.18. The van der Waals surface area contributed by atoms with Crippen LogP contribution in [0.2, 0.25) is 0 Å². The van der Waals surface area contributed by atoms with Gasteiger partial charge >= 0.3 is 0 Å². The van der Waals surface area contributed by atoms with E-state index in [4.69, 9.17) is 0 Å². The van der Waals surface area contributed by atoms with E-state index in [1.165, 1.54) is 45.3 Å². The SMILES string of the molecule is CCCN1CCC(C(C)(C)CC(C)C)CC1. The molecule has 1 aliphatic heterocycles. The molecular formula is C15H31N. The van der Waals surface area contributed by atoms with Crippen molar-refractivity contribution in [1.82, 2.24) is 4.90 Å². The predicted molar refractivity (Wildman–Crippen MR) is 72.7 cm³/mol. The van der Waals surface area contributed by atoms with Crippen LogP contribution in [0.4, 0.5) is 0 Å². The lowest BCUT2D eigenvalue weighted by Crippen LogP contribution is -2.39. The van der Waals surface area contributed by atoms with E-state index in [-0.39, 0.29) is 0 Å². The first kappa shape index (κ1) is 14.0. The van der Waals surface area contributed by atoms with Crippen LogP contribution in [0.25, 0.3) is 0 Å². The van der Waals surface area contributed by atoms with Crippen LogP contribution in [-0.4, -0.2) is 24.5 Å². The van der Waals surface area contributed by atoms with Crippen LogP contribution < -0.4 is 0 Å². The van der Waals surface area contributed by atoms with Crippen LogP contribution >= 0.6 is 0 Å². The average Bonchev–Trinajstić information content (AvgIpc) is 2.17. The highest BCUT2D eigenvalue weighted by atomic mass is 15.1. The van der Waals surface area contributed by atoms with Crippen LogP contribution in [-0.2, 0) is 0 Å². The summed E-state index contributed by atoms with van der Waals surface area (Å²) in [6.07, 6.45) is 5.52. The van der Waals surface area contributed by atoms with Gasteiger partial charge in [-0.15, -0.1) is 0 Å². The molecule has 0 radical (unpaired) electrons. The molecule has 16 heavy (non-hydrogen) atoms. The second-order valence-electron chi connectivity index (χ2n) is 6.70. The Morgan fingerprint density at radius 1 is 1.19 bits per heavy atom. The van der Waals surface area contributed by atoms with Crippen molar-refractivity contribution in [3.05, 3.63) is 0 Å². The summed E-state index contributed by atoms with van der Waals surface area (Å²) in [4.78, 5) is 2.64. The lowest BCUT2D eigenvalue weighted by atomic mass is 9.69. The average molecular weight is 225 g/mol. The number of rotatable bonds is 5. The minimum Gasteiger partial charge on any atom is -0.303 e. The summed E-state index contributed by atoms with van der Waals surface area (Å²) >= 11 is 0. The number of hydrogen-bond donors (Lipinski definition) is 0. The first-order valence-electron chi connectivity index (χ1n) is 7.18. The Hall–Kier alpha value is -0.0400. The van der Waals surface area contributed by atoms with Crippen molar-refractivity contribution in [1.29, 1.82) is 0 Å². The highest BCUT2D eigenvalue weighted by Gasteiger charge is 2.32. The first-order chi connectivity index (χ1) is 7.45. The van der Waals surface area contributed by atoms with Gasteiger partial charge in [0, 0.05) is 0 Å². The third-order valence-corrected chi connectivity index (χ3v) is 4.17. The molecule has 0 bridgehead atoms. The quantitative estimate of drug-likeness (QED) is 0.678. The van der Waals surface area contributed by atoms with E-state index < -0.39 is 0 Å². The van der Waals surface area contributed by atoms with Gasteiger partial charge in [-0.1, -0.05) is 34.6 Å². The molecule has 1 saturated heterocycles. The Kier molecular flexibility index (Phi) is 5.30. The Morgan fingerprint density at radius 2 is 1.75 bits per heavy atom. The first-order valence-corrected chi connectivity index (χ1v) is 7.18. The smallest absolute Gasteiger partial charge is 0.00159 e. The van der Waals surface area contributed by atoms with E-state index in [1.54, 1.807) is 0 Å². The van der Waals surface area contributed by atoms with E-state index >= 15 is 0 Å². The fraction of sp³-hybridized carbons (Fsp3) is 1.00. The maximum absolute atomic E-state index is 2.64. The fourth-order valence-corrected chi connectivity index (χ4v) is 3.47. The van der Waals surface area contributed by atoms with Gasteiger partial charge < -0.3 is 4.90 Å². The molecular weight excluding hydrogens is 194 g/mol. The summed E-state index contributed by atoms with van der Waals surface area (Å²) in [7, 11) is 0. The molecule has 0 amide bonds. The molecule has 1 rings (SSSR count). The van der Waals surface area contributed by atoms with E-state index in [9.17, 15) is 0 Å². The van der Waals surface area contributed by atoms with Gasteiger partial charge in [0.25, 0.3) is 0 Å². The van der Waals surface area contributed by atoms with Gasteiger partial charge in [0.15, 0.2) is 0 Å². The van der Waals surface area contributed by atoms with E-state index in [0.717, 1.165) is 11.8 Å². The Labute approximate surface area is 103 Å². The summed E-state index contributed by atoms with van der Waals surface area (Å²) in [6, 6.07) is 0. The summed E-state index contributed by atoms with van der Waals surface area (Å²) in [5.74, 6) is 1.78. The number of piperidine rings is 1. The van der Waals surface area contributed by atoms with Gasteiger partial charge in [-0.05, 0) is 62.6 Å². The van der Waals surface area contributed by atoms with Crippen molar-refractivity contribution in [3.8, 4) is 0 Å². The lowest BCUT2D eigenvalue weighted by molar-refractivity contribution is 0.0842. The third-order valence-electron chi connectivity index (χ3n) is 4.17. The third kappa shape index (κ3) is 4.08. The zero-order chi connectivity index (χ0) is 12.2. The van der Waals surface area contributed by atoms with Crippen LogP contribution in [0.5, 0.6) is 0 Å². The van der Waals surface area contributed by atoms with Gasteiger partial charge in [-0.2, -0.15) is 0 Å². The molecule has 0 saturated carbocycles. The topological polar surface area (TPSA) is 3.24 Å². The molecule has 0 aromatic rings. The van der Waals surface area contributed by atoms with Crippen molar-refractivity contribution in [2.24, 2.45) is 17.3 Å². The normalized spacial score (nSPS) is 20.6. The summed E-state index contributed by atoms with van der Waals surface area (Å²) < 4.78 is 0. The van der Waals surface area contributed by atoms with Crippen LogP contribution in [0.1, 0.15) is 60.3 Å². The van der Waals surface area contributed by atoms with Gasteiger partial charge in [0.05, 0.1) is 0 Å². The van der Waals surface area contributed by atoms with Crippen LogP contribution in [0.15, 0.2) is 0 Å². The standard InChI is InChI=1S/C15H31N/c1-6-9-16-10-7-14(8-11-16)15(4,5)12-13(2)3/h13-14H,6-12H2,1-5H3. The van der Waals surface area contributed by atoms with Crippen LogP contribution in [0.3, 0.4) is 0 Å². The second-order valence-corrected chi connectivity index (χ2v) is 6.70. The second kappa shape index (κ2) is 6.05. The van der Waals surface area contributed by atoms with Gasteiger partial charge in [0.2, 0.25) is 0 Å². The van der Waals surface area contributed by atoms with E-state index in [1.807, 2.05) is 0 Å². The molecule has 1 heteroatoms. The molecule has 0 spiro atoms. The molecule has 1 fully saturated rings. The maximum atomic E-state index is 2.64. The lowest BCUT2D eigenvalue weighted by Gasteiger charge is -2.41. The molecule has 0 atom stereocenters. The molecule has 0 unspecified atom stereocenters. The monoisotopic (exact) mass is 225 g/mol. The Balaban J connectivity index is 2.40. The summed E-state index contributed by atoms with van der Waals surface area (Å²) in [5, 5.41) is 0. The molecule has 0 aliphatic carbocycles. The largest absolute Gasteiger partial charge is 0.303 e. The fourth-order valence-electron chi connectivity index (χ4n) is 3.47. The zero-order valence-corrected chi connectivity index (χ0v) is 12.1. The van der Waals surface area contributed by atoms with Crippen molar-refractivity contribution >= 4 is 0 Å². The Bertz CT molecular complexity index is 188. The molecule has 0 aromatic heterocycles. The minimum absolute atomic E-state index is 0.548. The van der Waals surface area contributed by atoms with Crippen LogP contribution in [0, 0.1) is 17.3 Å². The highest BCUT2D eigenvalue weighted by molar-refractivity contribution is 4.84. The van der Waals surface area contributed by atoms with Gasteiger partial charge in [0.1, 0.15) is 0 Å². The summed E-state index contributed by atoms with van der Waals surface area (Å²) in [6.45, 7) is 15.9. The van der Waals surface area contributed by atoms with Gasteiger partial charge in [-0.25, -0.2) is 0 Å². The molecule has 1 nitrogen and oxygen atoms in total. The van der Waals surface area contributed by atoms with Crippen molar-refractivity contribution < 1.29 is 0 Å². The Morgan fingerprint density at radius 3 is 2.19 bits per heavy atom. The molecule has 0 aromatic carbocycles. The van der Waals surface area contributed by atoms with Crippen molar-refractivity contribution in [2.75, 3.05) is 19.6 Å². The zero-order valence-electron chi connectivity index (χ0n) is 12.1. The molecule has 1 heterocycles. The number of likely N-dealkylation sites (tertiary alicyclic amines) is 1. The molecule has 96 valence electrons. The maximum Gasteiger partial charge on any atom is -0.00159 e. The van der Waals surface area contributed by atoms with E-state index in [0.29, 0.717) is 5.41 Å². The number of nitrogens with zero attached hydrogens (tertiary/aromatic N) is 1. The van der Waals surface area contributed by atoms with Crippen molar-refractivity contribution in [3.63, 3.8) is 0 Å². The minimum atomic E-state index is 0.548. The summed E-state index contributed by atoms with van der Waals surface area (Å²) in [5.41, 5.74) is 0.548. The van der Waals surface area contributed by atoms with E-state index in [2.05, 4.69) is 39.5 Å². The van der Waals surface area contributed by atoms with Gasteiger partial charge in [-0.3, -0.25) is 0 Å². The molecule has 1 aliphatic rings. The highest BCUT2D eigenvalue weighted by Crippen LogP contribution is 2.39. The molecule has 0 N–H and O–H groups in total. The van der Waals surface area contributed by atoms with Crippen molar-refractivity contribution in [2.45, 2.75) is 60.3 Å². The number of hydrogen-bond acceptors (Lipinski definition) is 1.